The molecule has 0 unspecified atom stereocenters. The number of phenolic OH excluding ortho intramolecular Hbond substituents is 3. The van der Waals surface area contributed by atoms with Crippen molar-refractivity contribution in [2.24, 2.45) is 0 Å². The van der Waals surface area contributed by atoms with Crippen LogP contribution in [0.2, 0.25) is 0 Å². The molecular formula is C24H26O3. The first-order chi connectivity index (χ1) is 12.6. The molecule has 0 atom stereocenters. The first kappa shape index (κ1) is 18.8. The second kappa shape index (κ2) is 6.66. The standard InChI is InChI=1S/C24H26O3/c1-23(2,16-8-12-18(25)13-9-16)20-6-5-7-21(22(20)27)24(3,4)17-10-14-19(26)15-11-17/h5-15,25-27H,1-4H3. The Morgan fingerprint density at radius 2 is 0.852 bits per heavy atom. The van der Waals surface area contributed by atoms with Gasteiger partial charge in [0.2, 0.25) is 0 Å². The van der Waals surface area contributed by atoms with E-state index in [4.69, 9.17) is 0 Å². The molecule has 27 heavy (non-hydrogen) atoms. The molecule has 0 spiro atoms. The van der Waals surface area contributed by atoms with E-state index in [1.54, 1.807) is 24.3 Å². The first-order valence-corrected chi connectivity index (χ1v) is 9.06. The highest BCUT2D eigenvalue weighted by molar-refractivity contribution is 5.54. The van der Waals surface area contributed by atoms with E-state index in [2.05, 4.69) is 27.7 Å². The number of hydrogen-bond acceptors (Lipinski definition) is 3. The maximum absolute atomic E-state index is 11.2. The highest BCUT2D eigenvalue weighted by atomic mass is 16.3. The lowest BCUT2D eigenvalue weighted by molar-refractivity contribution is 0.433. The Balaban J connectivity index is 2.10. The summed E-state index contributed by atoms with van der Waals surface area (Å²) < 4.78 is 0. The van der Waals surface area contributed by atoms with Crippen LogP contribution in [-0.4, -0.2) is 15.3 Å². The minimum absolute atomic E-state index is 0.223. The van der Waals surface area contributed by atoms with Crippen LogP contribution in [0.5, 0.6) is 17.2 Å². The van der Waals surface area contributed by atoms with Gasteiger partial charge in [0.05, 0.1) is 0 Å². The number of para-hydroxylation sites is 1. The van der Waals surface area contributed by atoms with Crippen molar-refractivity contribution in [1.82, 2.24) is 0 Å². The van der Waals surface area contributed by atoms with E-state index in [-0.39, 0.29) is 17.2 Å². The number of hydrogen-bond donors (Lipinski definition) is 3. The fraction of sp³-hybridized carbons (Fsp3) is 0.250. The molecule has 0 aliphatic rings. The Kier molecular flexibility index (Phi) is 4.64. The summed E-state index contributed by atoms with van der Waals surface area (Å²) in [6.07, 6.45) is 0. The molecule has 140 valence electrons. The van der Waals surface area contributed by atoms with Gasteiger partial charge in [0, 0.05) is 22.0 Å². The Morgan fingerprint density at radius 1 is 0.519 bits per heavy atom. The van der Waals surface area contributed by atoms with E-state index < -0.39 is 10.8 Å². The van der Waals surface area contributed by atoms with E-state index in [0.717, 1.165) is 22.3 Å². The molecule has 3 rings (SSSR count). The second-order valence-electron chi connectivity index (χ2n) is 8.05. The van der Waals surface area contributed by atoms with Crippen LogP contribution in [0.1, 0.15) is 49.9 Å². The predicted octanol–water partition coefficient (Wildman–Crippen LogP) is 5.46. The van der Waals surface area contributed by atoms with Gasteiger partial charge in [-0.2, -0.15) is 0 Å². The van der Waals surface area contributed by atoms with Crippen molar-refractivity contribution in [3.8, 4) is 17.2 Å². The lowest BCUT2D eigenvalue weighted by Gasteiger charge is -2.32. The molecule has 0 fully saturated rings. The first-order valence-electron chi connectivity index (χ1n) is 9.06. The van der Waals surface area contributed by atoms with Gasteiger partial charge in [0.25, 0.3) is 0 Å². The van der Waals surface area contributed by atoms with E-state index in [9.17, 15) is 15.3 Å². The molecule has 0 bridgehead atoms. The third kappa shape index (κ3) is 3.37. The topological polar surface area (TPSA) is 60.7 Å². The highest BCUT2D eigenvalue weighted by Crippen LogP contribution is 2.44. The number of benzene rings is 3. The fourth-order valence-corrected chi connectivity index (χ4v) is 3.62. The summed E-state index contributed by atoms with van der Waals surface area (Å²) in [6, 6.07) is 20.0. The Labute approximate surface area is 160 Å². The van der Waals surface area contributed by atoms with Crippen molar-refractivity contribution < 1.29 is 15.3 Å². The summed E-state index contributed by atoms with van der Waals surface area (Å²) >= 11 is 0. The van der Waals surface area contributed by atoms with Gasteiger partial charge in [-0.15, -0.1) is 0 Å². The van der Waals surface area contributed by atoms with Crippen molar-refractivity contribution in [3.05, 3.63) is 89.0 Å². The molecule has 0 amide bonds. The summed E-state index contributed by atoms with van der Waals surface area (Å²) in [5.74, 6) is 0.718. The van der Waals surface area contributed by atoms with E-state index >= 15 is 0 Å². The Bertz CT molecular complexity index is 861. The van der Waals surface area contributed by atoms with Crippen LogP contribution in [0.3, 0.4) is 0 Å². The molecule has 0 saturated carbocycles. The lowest BCUT2D eigenvalue weighted by Crippen LogP contribution is -2.23. The van der Waals surface area contributed by atoms with Crippen molar-refractivity contribution in [2.45, 2.75) is 38.5 Å². The summed E-state index contributed by atoms with van der Waals surface area (Å²) in [5, 5.41) is 30.3. The van der Waals surface area contributed by atoms with Gasteiger partial charge in [0.1, 0.15) is 17.2 Å². The average Bonchev–Trinajstić information content (AvgIpc) is 2.62. The normalized spacial score (nSPS) is 12.1. The Morgan fingerprint density at radius 3 is 1.19 bits per heavy atom. The number of phenols is 3. The summed E-state index contributed by atoms with van der Waals surface area (Å²) in [7, 11) is 0. The van der Waals surface area contributed by atoms with Gasteiger partial charge in [-0.25, -0.2) is 0 Å². The molecule has 3 heteroatoms. The van der Waals surface area contributed by atoms with Crippen LogP contribution >= 0.6 is 0 Å². The quantitative estimate of drug-likeness (QED) is 0.578. The molecule has 0 saturated heterocycles. The van der Waals surface area contributed by atoms with E-state index in [1.807, 2.05) is 42.5 Å². The zero-order valence-electron chi connectivity index (χ0n) is 16.2. The van der Waals surface area contributed by atoms with Crippen LogP contribution in [-0.2, 0) is 10.8 Å². The fourth-order valence-electron chi connectivity index (χ4n) is 3.62. The van der Waals surface area contributed by atoms with Crippen molar-refractivity contribution in [1.29, 1.82) is 0 Å². The predicted molar refractivity (Wildman–Crippen MR) is 109 cm³/mol. The van der Waals surface area contributed by atoms with Gasteiger partial charge >= 0.3 is 0 Å². The molecule has 0 aliphatic heterocycles. The monoisotopic (exact) mass is 362 g/mol. The van der Waals surface area contributed by atoms with Crippen LogP contribution in [0, 0.1) is 0 Å². The highest BCUT2D eigenvalue weighted by Gasteiger charge is 2.32. The molecule has 0 aliphatic carbocycles. The summed E-state index contributed by atoms with van der Waals surface area (Å²) in [5.41, 5.74) is 2.82. The van der Waals surface area contributed by atoms with Crippen LogP contribution in [0.4, 0.5) is 0 Å². The van der Waals surface area contributed by atoms with Gasteiger partial charge < -0.3 is 15.3 Å². The smallest absolute Gasteiger partial charge is 0.123 e. The van der Waals surface area contributed by atoms with Crippen LogP contribution in [0.15, 0.2) is 66.7 Å². The average molecular weight is 362 g/mol. The minimum Gasteiger partial charge on any atom is -0.508 e. The minimum atomic E-state index is -0.432. The zero-order chi connectivity index (χ0) is 19.8. The SMILES string of the molecule is CC(C)(c1ccc(O)cc1)c1cccc(C(C)(C)c2ccc(O)cc2)c1O. The second-order valence-corrected chi connectivity index (χ2v) is 8.05. The third-order valence-corrected chi connectivity index (χ3v) is 5.56. The molecule has 0 radical (unpaired) electrons. The Hall–Kier alpha value is -2.94. The zero-order valence-corrected chi connectivity index (χ0v) is 16.2. The van der Waals surface area contributed by atoms with Gasteiger partial charge in [0.15, 0.2) is 0 Å². The van der Waals surface area contributed by atoms with Crippen molar-refractivity contribution in [2.75, 3.05) is 0 Å². The summed E-state index contributed by atoms with van der Waals surface area (Å²) in [6.45, 7) is 8.25. The van der Waals surface area contributed by atoms with E-state index in [0.29, 0.717) is 0 Å². The van der Waals surface area contributed by atoms with Gasteiger partial charge in [-0.1, -0.05) is 70.2 Å². The maximum Gasteiger partial charge on any atom is 0.123 e. The molecular weight excluding hydrogens is 336 g/mol. The third-order valence-electron chi connectivity index (χ3n) is 5.56. The van der Waals surface area contributed by atoms with Crippen LogP contribution < -0.4 is 0 Å². The van der Waals surface area contributed by atoms with Gasteiger partial charge in [-0.3, -0.25) is 0 Å². The maximum atomic E-state index is 11.2. The largest absolute Gasteiger partial charge is 0.508 e. The van der Waals surface area contributed by atoms with Gasteiger partial charge in [-0.05, 0) is 35.4 Å². The number of rotatable bonds is 4. The number of aromatic hydroxyl groups is 3. The van der Waals surface area contributed by atoms with E-state index in [1.165, 1.54) is 0 Å². The lowest BCUT2D eigenvalue weighted by atomic mass is 9.72. The van der Waals surface area contributed by atoms with Crippen LogP contribution in [0.25, 0.3) is 0 Å². The molecule has 3 aromatic rings. The molecule has 3 nitrogen and oxygen atoms in total. The molecule has 3 N–H and O–H groups in total. The van der Waals surface area contributed by atoms with Crippen molar-refractivity contribution in [3.63, 3.8) is 0 Å². The summed E-state index contributed by atoms with van der Waals surface area (Å²) in [4.78, 5) is 0. The molecule has 0 heterocycles. The van der Waals surface area contributed by atoms with Crippen molar-refractivity contribution >= 4 is 0 Å². The molecule has 3 aromatic carbocycles. The molecule has 0 aromatic heterocycles.